The van der Waals surface area contributed by atoms with Gasteiger partial charge in [0.05, 0.1) is 10.7 Å². The van der Waals surface area contributed by atoms with Gasteiger partial charge < -0.3 is 5.32 Å². The molecule has 0 saturated carbocycles. The summed E-state index contributed by atoms with van der Waals surface area (Å²) < 4.78 is 13.9. The first-order chi connectivity index (χ1) is 6.77. The van der Waals surface area contributed by atoms with Crippen molar-refractivity contribution < 1.29 is 4.39 Å². The monoisotopic (exact) mass is 214 g/mol. The van der Waals surface area contributed by atoms with E-state index >= 15 is 0 Å². The van der Waals surface area contributed by atoms with Crippen LogP contribution in [0, 0.1) is 12.8 Å². The van der Waals surface area contributed by atoms with Gasteiger partial charge in [0.2, 0.25) is 0 Å². The summed E-state index contributed by atoms with van der Waals surface area (Å²) in [6.45, 7) is 3.73. The number of aromatic nitrogens is 1. The summed E-state index contributed by atoms with van der Waals surface area (Å²) >= 11 is 1.53. The minimum Gasteiger partial charge on any atom is -0.316 e. The zero-order chi connectivity index (χ0) is 9.97. The van der Waals surface area contributed by atoms with Gasteiger partial charge in [0.25, 0.3) is 0 Å². The molecule has 1 aliphatic heterocycles. The van der Waals surface area contributed by atoms with Crippen LogP contribution >= 0.6 is 11.3 Å². The number of nitrogens with one attached hydrogen (secondary N) is 1. The lowest BCUT2D eigenvalue weighted by atomic mass is 9.93. The molecule has 2 atom stereocenters. The van der Waals surface area contributed by atoms with Crippen molar-refractivity contribution >= 4 is 11.3 Å². The van der Waals surface area contributed by atoms with Crippen molar-refractivity contribution in [2.75, 3.05) is 13.1 Å². The number of thiazole rings is 1. The predicted molar refractivity (Wildman–Crippen MR) is 56.3 cm³/mol. The largest absolute Gasteiger partial charge is 0.316 e. The highest BCUT2D eigenvalue weighted by atomic mass is 32.1. The second kappa shape index (κ2) is 4.36. The Labute approximate surface area is 87.6 Å². The fraction of sp³-hybridized carbons (Fsp3) is 0.700. The molecule has 1 saturated heterocycles. The normalized spacial score (nSPS) is 24.9. The molecule has 4 heteroatoms. The molecule has 2 unspecified atom stereocenters. The van der Waals surface area contributed by atoms with Gasteiger partial charge in [-0.2, -0.15) is 0 Å². The predicted octanol–water partition coefficient (Wildman–Crippen LogP) is 2.46. The first-order valence-electron chi connectivity index (χ1n) is 5.04. The van der Waals surface area contributed by atoms with Crippen molar-refractivity contribution in [3.05, 3.63) is 16.1 Å². The summed E-state index contributed by atoms with van der Waals surface area (Å²) in [7, 11) is 0. The molecule has 0 amide bonds. The minimum absolute atomic E-state index is 0.116. The van der Waals surface area contributed by atoms with Crippen molar-refractivity contribution in [2.24, 2.45) is 5.92 Å². The molecule has 0 bridgehead atoms. The van der Waals surface area contributed by atoms with Gasteiger partial charge in [-0.1, -0.05) is 0 Å². The quantitative estimate of drug-likeness (QED) is 0.818. The third-order valence-electron chi connectivity index (χ3n) is 2.67. The Bertz CT molecular complexity index is 294. The summed E-state index contributed by atoms with van der Waals surface area (Å²) in [5.41, 5.74) is 0.626. The molecule has 2 rings (SSSR count). The van der Waals surface area contributed by atoms with Gasteiger partial charge in [-0.3, -0.25) is 0 Å². The summed E-state index contributed by atoms with van der Waals surface area (Å²) in [6, 6.07) is 0. The van der Waals surface area contributed by atoms with Gasteiger partial charge in [0.1, 0.15) is 6.17 Å². The third kappa shape index (κ3) is 2.12. The molecule has 14 heavy (non-hydrogen) atoms. The highest BCUT2D eigenvalue weighted by Crippen LogP contribution is 2.31. The van der Waals surface area contributed by atoms with Gasteiger partial charge in [-0.25, -0.2) is 9.37 Å². The smallest absolute Gasteiger partial charge is 0.147 e. The van der Waals surface area contributed by atoms with Crippen LogP contribution in [0.25, 0.3) is 0 Å². The van der Waals surface area contributed by atoms with E-state index in [1.165, 1.54) is 11.3 Å². The maximum Gasteiger partial charge on any atom is 0.147 e. The van der Waals surface area contributed by atoms with Crippen molar-refractivity contribution in [1.29, 1.82) is 0 Å². The lowest BCUT2D eigenvalue weighted by Crippen LogP contribution is -2.32. The van der Waals surface area contributed by atoms with E-state index in [0.29, 0.717) is 5.69 Å². The van der Waals surface area contributed by atoms with Crippen LogP contribution in [0.5, 0.6) is 0 Å². The van der Waals surface area contributed by atoms with E-state index in [0.717, 1.165) is 30.9 Å². The molecule has 78 valence electrons. The van der Waals surface area contributed by atoms with Crippen molar-refractivity contribution in [3.63, 3.8) is 0 Å². The maximum atomic E-state index is 13.9. The highest BCUT2D eigenvalue weighted by Gasteiger charge is 2.26. The number of hydrogen-bond donors (Lipinski definition) is 1. The average Bonchev–Trinajstić information content (AvgIpc) is 2.65. The van der Waals surface area contributed by atoms with E-state index in [-0.39, 0.29) is 5.92 Å². The number of piperidine rings is 1. The molecule has 0 aromatic carbocycles. The lowest BCUT2D eigenvalue weighted by Gasteiger charge is -2.24. The van der Waals surface area contributed by atoms with Crippen LogP contribution in [0.3, 0.4) is 0 Å². The molecule has 0 radical (unpaired) electrons. The van der Waals surface area contributed by atoms with Crippen LogP contribution in [-0.4, -0.2) is 18.1 Å². The fourth-order valence-corrected chi connectivity index (χ4v) is 2.51. The number of halogens is 1. The van der Waals surface area contributed by atoms with Gasteiger partial charge >= 0.3 is 0 Å². The molecule has 1 aromatic heterocycles. The van der Waals surface area contributed by atoms with Crippen LogP contribution in [0.2, 0.25) is 0 Å². The Morgan fingerprint density at radius 3 is 3.14 bits per heavy atom. The van der Waals surface area contributed by atoms with Crippen molar-refractivity contribution in [2.45, 2.75) is 25.9 Å². The standard InChI is InChI=1S/C10H15FN2S/c1-7-13-9(6-14-7)10(11)8-3-2-4-12-5-8/h6,8,10,12H,2-5H2,1H3. The van der Waals surface area contributed by atoms with E-state index < -0.39 is 6.17 Å². The summed E-state index contributed by atoms with van der Waals surface area (Å²) in [6.07, 6.45) is 1.17. The molecule has 0 spiro atoms. The molecular formula is C10H15FN2S. The SMILES string of the molecule is Cc1nc(C(F)C2CCCNC2)cs1. The number of alkyl halides is 1. The molecular weight excluding hydrogens is 199 g/mol. The minimum atomic E-state index is -0.882. The topological polar surface area (TPSA) is 24.9 Å². The Morgan fingerprint density at radius 1 is 1.71 bits per heavy atom. The van der Waals surface area contributed by atoms with Gasteiger partial charge in [-0.15, -0.1) is 11.3 Å². The Hall–Kier alpha value is -0.480. The molecule has 1 fully saturated rings. The van der Waals surface area contributed by atoms with E-state index in [1.54, 1.807) is 0 Å². The van der Waals surface area contributed by atoms with Crippen LogP contribution in [-0.2, 0) is 0 Å². The maximum absolute atomic E-state index is 13.9. The number of nitrogens with zero attached hydrogens (tertiary/aromatic N) is 1. The zero-order valence-electron chi connectivity index (χ0n) is 8.29. The second-order valence-corrected chi connectivity index (χ2v) is 4.86. The zero-order valence-corrected chi connectivity index (χ0v) is 9.11. The molecule has 2 heterocycles. The Kier molecular flexibility index (Phi) is 3.13. The van der Waals surface area contributed by atoms with E-state index in [2.05, 4.69) is 10.3 Å². The number of hydrogen-bond acceptors (Lipinski definition) is 3. The molecule has 0 aliphatic carbocycles. The number of rotatable bonds is 2. The fourth-order valence-electron chi connectivity index (χ4n) is 1.88. The van der Waals surface area contributed by atoms with Crippen LogP contribution in [0.15, 0.2) is 5.38 Å². The van der Waals surface area contributed by atoms with Gasteiger partial charge in [0, 0.05) is 17.8 Å². The Morgan fingerprint density at radius 2 is 2.57 bits per heavy atom. The third-order valence-corrected chi connectivity index (χ3v) is 3.46. The second-order valence-electron chi connectivity index (χ2n) is 3.80. The van der Waals surface area contributed by atoms with Crippen LogP contribution in [0.4, 0.5) is 4.39 Å². The van der Waals surface area contributed by atoms with E-state index in [9.17, 15) is 4.39 Å². The molecule has 1 aliphatic rings. The van der Waals surface area contributed by atoms with E-state index in [4.69, 9.17) is 0 Å². The number of aryl methyl sites for hydroxylation is 1. The highest BCUT2D eigenvalue weighted by molar-refractivity contribution is 7.09. The van der Waals surface area contributed by atoms with Crippen LogP contribution in [0.1, 0.15) is 29.7 Å². The van der Waals surface area contributed by atoms with Crippen molar-refractivity contribution in [1.82, 2.24) is 10.3 Å². The molecule has 1 aromatic rings. The van der Waals surface area contributed by atoms with Gasteiger partial charge in [0.15, 0.2) is 0 Å². The summed E-state index contributed by atoms with van der Waals surface area (Å²) in [5, 5.41) is 6.02. The van der Waals surface area contributed by atoms with Crippen LogP contribution < -0.4 is 5.32 Å². The van der Waals surface area contributed by atoms with Crippen molar-refractivity contribution in [3.8, 4) is 0 Å². The summed E-state index contributed by atoms with van der Waals surface area (Å²) in [5.74, 6) is 0.116. The van der Waals surface area contributed by atoms with Gasteiger partial charge in [-0.05, 0) is 26.3 Å². The molecule has 1 N–H and O–H groups in total. The molecule has 2 nitrogen and oxygen atoms in total. The summed E-state index contributed by atoms with van der Waals surface area (Å²) in [4.78, 5) is 4.20. The Balaban J connectivity index is 2.03. The van der Waals surface area contributed by atoms with E-state index in [1.807, 2.05) is 12.3 Å². The first-order valence-corrected chi connectivity index (χ1v) is 5.92. The first kappa shape index (κ1) is 10.1. The average molecular weight is 214 g/mol. The lowest BCUT2D eigenvalue weighted by molar-refractivity contribution is 0.190.